The van der Waals surface area contributed by atoms with Gasteiger partial charge in [0.05, 0.1) is 25.7 Å². The monoisotopic (exact) mass is 391 g/mol. The Hall–Kier alpha value is -2.29. The minimum atomic E-state index is 0.126. The number of thioether (sulfide) groups is 1. The van der Waals surface area contributed by atoms with E-state index in [4.69, 9.17) is 9.47 Å². The van der Waals surface area contributed by atoms with E-state index in [0.29, 0.717) is 22.4 Å². The fourth-order valence-corrected chi connectivity index (χ4v) is 4.26. The predicted molar refractivity (Wildman–Crippen MR) is 103 cm³/mol. The zero-order chi connectivity index (χ0) is 19.4. The van der Waals surface area contributed by atoms with Crippen LogP contribution in [-0.2, 0) is 4.79 Å². The maximum absolute atomic E-state index is 12.7. The van der Waals surface area contributed by atoms with Gasteiger partial charge in [0.25, 0.3) is 0 Å². The number of tetrazole rings is 1. The molecule has 0 unspecified atom stereocenters. The molecule has 1 saturated heterocycles. The second kappa shape index (κ2) is 8.60. The number of hydrogen-bond acceptors (Lipinski definition) is 7. The molecule has 1 amide bonds. The maximum atomic E-state index is 12.7. The molecule has 2 atom stereocenters. The summed E-state index contributed by atoms with van der Waals surface area (Å²) in [4.78, 5) is 14.7. The summed E-state index contributed by atoms with van der Waals surface area (Å²) in [6.45, 7) is 4.23. The summed E-state index contributed by atoms with van der Waals surface area (Å²) in [5, 5.41) is 12.4. The van der Waals surface area contributed by atoms with Crippen molar-refractivity contribution >= 4 is 17.7 Å². The zero-order valence-electron chi connectivity index (χ0n) is 16.1. The van der Waals surface area contributed by atoms with E-state index in [1.807, 2.05) is 11.0 Å². The molecule has 0 N–H and O–H groups in total. The van der Waals surface area contributed by atoms with Gasteiger partial charge in [-0.15, -0.1) is 5.10 Å². The topological polar surface area (TPSA) is 82.4 Å². The number of benzene rings is 1. The van der Waals surface area contributed by atoms with Gasteiger partial charge >= 0.3 is 0 Å². The summed E-state index contributed by atoms with van der Waals surface area (Å²) in [5.74, 6) is 1.66. The zero-order valence-corrected chi connectivity index (χ0v) is 16.9. The van der Waals surface area contributed by atoms with Gasteiger partial charge in [0, 0.05) is 18.2 Å². The first-order valence-electron chi connectivity index (χ1n) is 9.00. The third kappa shape index (κ3) is 4.18. The molecule has 0 bridgehead atoms. The van der Waals surface area contributed by atoms with E-state index in [9.17, 15) is 4.79 Å². The van der Waals surface area contributed by atoms with Gasteiger partial charge in [0.2, 0.25) is 11.1 Å². The first kappa shape index (κ1) is 19.5. The van der Waals surface area contributed by atoms with Crippen LogP contribution in [0, 0.1) is 0 Å². The highest BCUT2D eigenvalue weighted by atomic mass is 32.2. The van der Waals surface area contributed by atoms with Crippen LogP contribution in [0.25, 0.3) is 5.69 Å². The molecule has 2 aromatic rings. The Balaban J connectivity index is 1.73. The Morgan fingerprint density at radius 1 is 1.19 bits per heavy atom. The Labute approximate surface area is 163 Å². The molecule has 146 valence electrons. The molecule has 3 rings (SSSR count). The van der Waals surface area contributed by atoms with Crippen LogP contribution in [0.3, 0.4) is 0 Å². The number of piperidine rings is 1. The van der Waals surface area contributed by atoms with Crippen molar-refractivity contribution in [2.45, 2.75) is 50.4 Å². The summed E-state index contributed by atoms with van der Waals surface area (Å²) in [5.41, 5.74) is 0.743. The van der Waals surface area contributed by atoms with Crippen molar-refractivity contribution in [2.24, 2.45) is 0 Å². The van der Waals surface area contributed by atoms with E-state index >= 15 is 0 Å². The molecule has 0 saturated carbocycles. The van der Waals surface area contributed by atoms with Crippen LogP contribution in [0.5, 0.6) is 11.5 Å². The standard InChI is InChI=1S/C18H25N5O3S/c1-12-6-5-7-13(2)22(12)17(24)11-27-18-19-20-21-23(18)14-8-9-15(25-3)16(10-14)26-4/h8-10,12-13H,5-7,11H2,1-4H3/t12-,13+. The third-order valence-electron chi connectivity index (χ3n) is 4.86. The largest absolute Gasteiger partial charge is 0.493 e. The summed E-state index contributed by atoms with van der Waals surface area (Å²) in [7, 11) is 3.17. The minimum Gasteiger partial charge on any atom is -0.493 e. The van der Waals surface area contributed by atoms with Crippen LogP contribution < -0.4 is 9.47 Å². The van der Waals surface area contributed by atoms with Crippen LogP contribution in [0.4, 0.5) is 0 Å². The molecule has 1 aliphatic heterocycles. The van der Waals surface area contributed by atoms with Crippen LogP contribution in [0.2, 0.25) is 0 Å². The molecule has 2 heterocycles. The molecule has 9 heteroatoms. The van der Waals surface area contributed by atoms with E-state index in [0.717, 1.165) is 18.5 Å². The van der Waals surface area contributed by atoms with Crippen molar-refractivity contribution < 1.29 is 14.3 Å². The van der Waals surface area contributed by atoms with Gasteiger partial charge in [0.1, 0.15) is 0 Å². The number of carbonyl (C=O) groups is 1. The lowest BCUT2D eigenvalue weighted by atomic mass is 9.98. The third-order valence-corrected chi connectivity index (χ3v) is 5.76. The van der Waals surface area contributed by atoms with Crippen LogP contribution >= 0.6 is 11.8 Å². The first-order chi connectivity index (χ1) is 13.0. The number of amides is 1. The number of carbonyl (C=O) groups excluding carboxylic acids is 1. The molecular weight excluding hydrogens is 366 g/mol. The Morgan fingerprint density at radius 2 is 1.89 bits per heavy atom. The van der Waals surface area contributed by atoms with Crippen molar-refractivity contribution in [3.63, 3.8) is 0 Å². The van der Waals surface area contributed by atoms with Crippen LogP contribution in [0.1, 0.15) is 33.1 Å². The van der Waals surface area contributed by atoms with Gasteiger partial charge < -0.3 is 14.4 Å². The number of methoxy groups -OCH3 is 2. The molecule has 0 spiro atoms. The highest BCUT2D eigenvalue weighted by Crippen LogP contribution is 2.30. The lowest BCUT2D eigenvalue weighted by molar-refractivity contribution is -0.134. The first-order valence-corrected chi connectivity index (χ1v) is 9.98. The molecular formula is C18H25N5O3S. The number of rotatable bonds is 6. The van der Waals surface area contributed by atoms with Crippen LogP contribution in [0.15, 0.2) is 23.4 Å². The van der Waals surface area contributed by atoms with E-state index in [1.54, 1.807) is 31.0 Å². The van der Waals surface area contributed by atoms with E-state index in [-0.39, 0.29) is 18.0 Å². The second-order valence-corrected chi connectivity index (χ2v) is 7.57. The quantitative estimate of drug-likeness (QED) is 0.700. The van der Waals surface area contributed by atoms with Gasteiger partial charge in [-0.05, 0) is 55.7 Å². The van der Waals surface area contributed by atoms with Gasteiger partial charge in [-0.1, -0.05) is 11.8 Å². The molecule has 8 nitrogen and oxygen atoms in total. The number of nitrogens with zero attached hydrogens (tertiary/aromatic N) is 5. The number of ether oxygens (including phenoxy) is 2. The number of aromatic nitrogens is 4. The van der Waals surface area contributed by atoms with E-state index in [2.05, 4.69) is 29.4 Å². The van der Waals surface area contributed by atoms with Gasteiger partial charge in [-0.2, -0.15) is 4.68 Å². The molecule has 1 aromatic carbocycles. The predicted octanol–water partition coefficient (Wildman–Crippen LogP) is 2.56. The van der Waals surface area contributed by atoms with Crippen molar-refractivity contribution in [2.75, 3.05) is 20.0 Å². The molecule has 0 radical (unpaired) electrons. The average Bonchev–Trinajstić information content (AvgIpc) is 3.14. The maximum Gasteiger partial charge on any atom is 0.233 e. The van der Waals surface area contributed by atoms with Crippen LogP contribution in [-0.4, -0.2) is 63.1 Å². The summed E-state index contributed by atoms with van der Waals surface area (Å²) >= 11 is 1.34. The smallest absolute Gasteiger partial charge is 0.233 e. The van der Waals surface area contributed by atoms with Gasteiger partial charge in [0.15, 0.2) is 11.5 Å². The summed E-state index contributed by atoms with van der Waals surface area (Å²) < 4.78 is 12.2. The van der Waals surface area contributed by atoms with E-state index in [1.165, 1.54) is 18.2 Å². The summed E-state index contributed by atoms with van der Waals surface area (Å²) in [6.07, 6.45) is 3.30. The Morgan fingerprint density at radius 3 is 2.56 bits per heavy atom. The molecule has 0 aliphatic carbocycles. The fraction of sp³-hybridized carbons (Fsp3) is 0.556. The molecule has 27 heavy (non-hydrogen) atoms. The summed E-state index contributed by atoms with van der Waals surface area (Å²) in [6, 6.07) is 6.01. The van der Waals surface area contributed by atoms with Crippen molar-refractivity contribution in [3.05, 3.63) is 18.2 Å². The van der Waals surface area contributed by atoms with Crippen molar-refractivity contribution in [3.8, 4) is 17.2 Å². The van der Waals surface area contributed by atoms with Crippen molar-refractivity contribution in [1.29, 1.82) is 0 Å². The number of hydrogen-bond donors (Lipinski definition) is 0. The second-order valence-electron chi connectivity index (χ2n) is 6.63. The molecule has 1 aromatic heterocycles. The lowest BCUT2D eigenvalue weighted by Gasteiger charge is -2.39. The molecule has 1 fully saturated rings. The normalized spacial score (nSPS) is 19.8. The molecule has 1 aliphatic rings. The number of likely N-dealkylation sites (tertiary alicyclic amines) is 1. The Kier molecular flexibility index (Phi) is 6.20. The fourth-order valence-electron chi connectivity index (χ4n) is 3.50. The van der Waals surface area contributed by atoms with Crippen molar-refractivity contribution in [1.82, 2.24) is 25.1 Å². The van der Waals surface area contributed by atoms with E-state index < -0.39 is 0 Å². The average molecular weight is 391 g/mol. The highest BCUT2D eigenvalue weighted by Gasteiger charge is 2.29. The van der Waals surface area contributed by atoms with Gasteiger partial charge in [-0.25, -0.2) is 0 Å². The Bertz CT molecular complexity index is 787. The SMILES string of the molecule is COc1ccc(-n2nnnc2SCC(=O)N2[C@H](C)CCC[C@@H]2C)cc1OC. The lowest BCUT2D eigenvalue weighted by Crippen LogP contribution is -2.48. The minimum absolute atomic E-state index is 0.126. The van der Waals surface area contributed by atoms with Gasteiger partial charge in [-0.3, -0.25) is 4.79 Å². The highest BCUT2D eigenvalue weighted by molar-refractivity contribution is 7.99.